The van der Waals surface area contributed by atoms with Gasteiger partial charge in [-0.1, -0.05) is 0 Å². The third-order valence-corrected chi connectivity index (χ3v) is 8.09. The number of rotatable bonds is 6. The Morgan fingerprint density at radius 3 is 2.44 bits per heavy atom. The zero-order valence-electron chi connectivity index (χ0n) is 18.2. The molecule has 2 aliphatic heterocycles. The number of hydrogen-bond donors (Lipinski definition) is 0. The molecule has 2 aromatic carbocycles. The Kier molecular flexibility index (Phi) is 6.39. The van der Waals surface area contributed by atoms with E-state index in [2.05, 4.69) is 0 Å². The summed E-state index contributed by atoms with van der Waals surface area (Å²) in [6.07, 6.45) is 3.04. The van der Waals surface area contributed by atoms with Crippen molar-refractivity contribution in [1.82, 2.24) is 9.21 Å². The first kappa shape index (κ1) is 22.5. The van der Waals surface area contributed by atoms with E-state index < -0.39 is 20.7 Å². The van der Waals surface area contributed by atoms with Crippen molar-refractivity contribution in [2.24, 2.45) is 0 Å². The Balaban J connectivity index is 1.66. The Morgan fingerprint density at radius 1 is 1.00 bits per heavy atom. The first-order valence-corrected chi connectivity index (χ1v) is 12.1. The fourth-order valence-electron chi connectivity index (χ4n) is 4.49. The van der Waals surface area contributed by atoms with Gasteiger partial charge in [-0.2, -0.15) is 4.31 Å². The zero-order chi connectivity index (χ0) is 22.9. The molecule has 2 fully saturated rings. The zero-order valence-corrected chi connectivity index (χ0v) is 19.0. The van der Waals surface area contributed by atoms with Crippen molar-refractivity contribution in [2.45, 2.75) is 36.6 Å². The van der Waals surface area contributed by atoms with Gasteiger partial charge in [-0.3, -0.25) is 4.79 Å². The van der Waals surface area contributed by atoms with Crippen molar-refractivity contribution in [1.29, 1.82) is 0 Å². The second-order valence-electron chi connectivity index (χ2n) is 8.02. The molecule has 0 radical (unpaired) electrons. The number of halogens is 1. The Morgan fingerprint density at radius 2 is 1.75 bits per heavy atom. The van der Waals surface area contributed by atoms with Gasteiger partial charge in [0, 0.05) is 36.8 Å². The van der Waals surface area contributed by atoms with Crippen LogP contribution in [0.1, 0.15) is 47.6 Å². The molecule has 2 aliphatic rings. The topological polar surface area (TPSA) is 76.2 Å². The maximum Gasteiger partial charge on any atom is 0.254 e. The van der Waals surface area contributed by atoms with Crippen molar-refractivity contribution >= 4 is 15.9 Å². The second kappa shape index (κ2) is 9.07. The molecule has 2 saturated heterocycles. The van der Waals surface area contributed by atoms with Crippen molar-refractivity contribution in [2.75, 3.05) is 33.9 Å². The molecule has 0 aliphatic carbocycles. The van der Waals surface area contributed by atoms with E-state index in [9.17, 15) is 17.6 Å². The molecule has 0 aromatic heterocycles. The first-order valence-electron chi connectivity index (χ1n) is 10.7. The van der Waals surface area contributed by atoms with Gasteiger partial charge in [0.15, 0.2) is 0 Å². The van der Waals surface area contributed by atoms with Gasteiger partial charge >= 0.3 is 0 Å². The van der Waals surface area contributed by atoms with Crippen LogP contribution in [0.2, 0.25) is 0 Å². The standard InChI is InChI=1S/C23H27FN2O5S/c1-30-17-8-9-18(21(15-17)31-2)20-6-5-13-26(20)23(27)16-7-10-19(24)22(14-16)32(28,29)25-11-3-4-12-25/h7-10,14-15,20H,3-6,11-13H2,1-2H3. The maximum atomic E-state index is 14.5. The van der Waals surface area contributed by atoms with E-state index in [4.69, 9.17) is 9.47 Å². The summed E-state index contributed by atoms with van der Waals surface area (Å²) in [5.74, 6) is 0.0914. The summed E-state index contributed by atoms with van der Waals surface area (Å²) in [5.41, 5.74) is 1.01. The number of ether oxygens (including phenoxy) is 2. The Labute approximate surface area is 187 Å². The molecule has 4 rings (SSSR count). The minimum atomic E-state index is -3.98. The Bertz CT molecular complexity index is 1120. The van der Waals surface area contributed by atoms with E-state index in [-0.39, 0.29) is 17.5 Å². The van der Waals surface area contributed by atoms with Crippen LogP contribution in [-0.2, 0) is 10.0 Å². The molecule has 2 aromatic rings. The van der Waals surface area contributed by atoms with Crippen LogP contribution in [0.4, 0.5) is 4.39 Å². The third kappa shape index (κ3) is 4.06. The number of methoxy groups -OCH3 is 2. The SMILES string of the molecule is COc1ccc(C2CCCN2C(=O)c2ccc(F)c(S(=O)(=O)N3CCCC3)c2)c(OC)c1. The average Bonchev–Trinajstić information content (AvgIpc) is 3.51. The summed E-state index contributed by atoms with van der Waals surface area (Å²) in [7, 11) is -0.843. The normalized spacial score (nSPS) is 19.3. The molecule has 0 N–H and O–H groups in total. The number of likely N-dealkylation sites (tertiary alicyclic amines) is 1. The van der Waals surface area contributed by atoms with Crippen molar-refractivity contribution < 1.29 is 27.1 Å². The van der Waals surface area contributed by atoms with E-state index in [1.165, 1.54) is 16.4 Å². The van der Waals surface area contributed by atoms with E-state index in [0.29, 0.717) is 31.1 Å². The summed E-state index contributed by atoms with van der Waals surface area (Å²) < 4.78 is 52.4. The van der Waals surface area contributed by atoms with Gasteiger partial charge < -0.3 is 14.4 Å². The Hall–Kier alpha value is -2.65. The van der Waals surface area contributed by atoms with Crippen LogP contribution in [-0.4, -0.2) is 57.4 Å². The monoisotopic (exact) mass is 462 g/mol. The van der Waals surface area contributed by atoms with Crippen LogP contribution in [0.25, 0.3) is 0 Å². The number of carbonyl (C=O) groups excluding carboxylic acids is 1. The highest BCUT2D eigenvalue weighted by atomic mass is 32.2. The minimum absolute atomic E-state index is 0.156. The van der Waals surface area contributed by atoms with Crippen LogP contribution in [0.5, 0.6) is 11.5 Å². The smallest absolute Gasteiger partial charge is 0.254 e. The lowest BCUT2D eigenvalue weighted by Crippen LogP contribution is -2.32. The van der Waals surface area contributed by atoms with Crippen LogP contribution in [0, 0.1) is 5.82 Å². The van der Waals surface area contributed by atoms with Gasteiger partial charge in [0.25, 0.3) is 5.91 Å². The summed E-state index contributed by atoms with van der Waals surface area (Å²) in [5, 5.41) is 0. The van der Waals surface area contributed by atoms with Crippen molar-refractivity contribution in [3.05, 3.63) is 53.3 Å². The number of hydrogen-bond acceptors (Lipinski definition) is 5. The van der Waals surface area contributed by atoms with Gasteiger partial charge in [-0.05, 0) is 56.0 Å². The highest BCUT2D eigenvalue weighted by molar-refractivity contribution is 7.89. The lowest BCUT2D eigenvalue weighted by atomic mass is 10.0. The number of amides is 1. The predicted molar refractivity (Wildman–Crippen MR) is 117 cm³/mol. The van der Waals surface area contributed by atoms with Crippen LogP contribution in [0.3, 0.4) is 0 Å². The lowest BCUT2D eigenvalue weighted by Gasteiger charge is -2.27. The molecular formula is C23H27FN2O5S. The molecule has 1 unspecified atom stereocenters. The number of carbonyl (C=O) groups is 1. The van der Waals surface area contributed by atoms with Gasteiger partial charge in [-0.25, -0.2) is 12.8 Å². The van der Waals surface area contributed by atoms with Gasteiger partial charge in [-0.15, -0.1) is 0 Å². The van der Waals surface area contributed by atoms with Crippen molar-refractivity contribution in [3.8, 4) is 11.5 Å². The lowest BCUT2D eigenvalue weighted by molar-refractivity contribution is 0.0734. The van der Waals surface area contributed by atoms with Gasteiger partial charge in [0.2, 0.25) is 10.0 Å². The molecule has 7 nitrogen and oxygen atoms in total. The minimum Gasteiger partial charge on any atom is -0.497 e. The van der Waals surface area contributed by atoms with E-state index in [0.717, 1.165) is 37.3 Å². The number of sulfonamides is 1. The van der Waals surface area contributed by atoms with Crippen LogP contribution >= 0.6 is 0 Å². The third-order valence-electron chi connectivity index (χ3n) is 6.17. The highest BCUT2D eigenvalue weighted by Gasteiger charge is 2.35. The quantitative estimate of drug-likeness (QED) is 0.656. The largest absolute Gasteiger partial charge is 0.497 e. The molecule has 0 saturated carbocycles. The van der Waals surface area contributed by atoms with E-state index >= 15 is 0 Å². The first-order chi connectivity index (χ1) is 15.4. The van der Waals surface area contributed by atoms with Gasteiger partial charge in [0.1, 0.15) is 22.2 Å². The molecule has 0 spiro atoms. The summed E-state index contributed by atoms with van der Waals surface area (Å²) in [4.78, 5) is 14.7. The molecule has 0 bridgehead atoms. The predicted octanol–water partition coefficient (Wildman–Crippen LogP) is 3.60. The second-order valence-corrected chi connectivity index (χ2v) is 9.93. The van der Waals surface area contributed by atoms with Crippen LogP contribution in [0.15, 0.2) is 41.3 Å². The van der Waals surface area contributed by atoms with E-state index in [1.54, 1.807) is 25.2 Å². The number of nitrogens with zero attached hydrogens (tertiary/aromatic N) is 2. The summed E-state index contributed by atoms with van der Waals surface area (Å²) >= 11 is 0. The average molecular weight is 463 g/mol. The molecule has 32 heavy (non-hydrogen) atoms. The number of benzene rings is 2. The highest BCUT2D eigenvalue weighted by Crippen LogP contribution is 2.39. The van der Waals surface area contributed by atoms with E-state index in [1.807, 2.05) is 12.1 Å². The van der Waals surface area contributed by atoms with Gasteiger partial charge in [0.05, 0.1) is 20.3 Å². The molecule has 1 amide bonds. The summed E-state index contributed by atoms with van der Waals surface area (Å²) in [6, 6.07) is 8.82. The van der Waals surface area contributed by atoms with Crippen molar-refractivity contribution in [3.63, 3.8) is 0 Å². The molecule has 1 atom stereocenters. The fraction of sp³-hybridized carbons (Fsp3) is 0.435. The molecule has 9 heteroatoms. The molecule has 2 heterocycles. The molecular weight excluding hydrogens is 435 g/mol. The van der Waals surface area contributed by atoms with Crippen LogP contribution < -0.4 is 9.47 Å². The fourth-order valence-corrected chi connectivity index (χ4v) is 6.10. The summed E-state index contributed by atoms with van der Waals surface area (Å²) in [6.45, 7) is 1.25. The maximum absolute atomic E-state index is 14.5. The molecule has 172 valence electrons.